The zero-order chi connectivity index (χ0) is 48.0. The van der Waals surface area contributed by atoms with Gasteiger partial charge in [-0.3, -0.25) is 19.7 Å². The summed E-state index contributed by atoms with van der Waals surface area (Å²) in [6, 6.07) is 6.44. The zero-order valence-corrected chi connectivity index (χ0v) is 39.6. The molecule has 19 nitrogen and oxygen atoms in total. The summed E-state index contributed by atoms with van der Waals surface area (Å²) in [4.78, 5) is 61.8. The van der Waals surface area contributed by atoms with E-state index in [0.29, 0.717) is 106 Å². The van der Waals surface area contributed by atoms with Gasteiger partial charge < -0.3 is 39.8 Å². The van der Waals surface area contributed by atoms with Crippen LogP contribution in [0.15, 0.2) is 47.0 Å². The van der Waals surface area contributed by atoms with E-state index in [9.17, 15) is 14.4 Å². The number of primary amides is 2. The molecule has 348 valence electrons. The van der Waals surface area contributed by atoms with Crippen molar-refractivity contribution in [1.29, 1.82) is 0 Å². The van der Waals surface area contributed by atoms with Crippen molar-refractivity contribution < 1.29 is 28.3 Å². The Labute approximate surface area is 379 Å². The Morgan fingerprint density at radius 1 is 0.831 bits per heavy atom. The Morgan fingerprint density at radius 2 is 1.49 bits per heavy atom. The fourth-order valence-corrected chi connectivity index (χ4v) is 6.98. The number of benzene rings is 2. The molecule has 0 bridgehead atoms. The predicted octanol–water partition coefficient (Wildman–Crippen LogP) is 7.16. The van der Waals surface area contributed by atoms with E-state index in [2.05, 4.69) is 30.7 Å². The van der Waals surface area contributed by atoms with Crippen LogP contribution < -0.4 is 31.6 Å². The zero-order valence-electron chi connectivity index (χ0n) is 39.6. The van der Waals surface area contributed by atoms with Gasteiger partial charge in [-0.2, -0.15) is 5.10 Å². The monoisotopic (exact) mass is 894 g/mol. The lowest BCUT2D eigenvalue weighted by Gasteiger charge is -2.13. The smallest absolute Gasteiger partial charge is 0.295 e. The second-order valence-corrected chi connectivity index (χ2v) is 13.6. The van der Waals surface area contributed by atoms with Crippen LogP contribution in [0, 0.1) is 13.8 Å². The molecule has 0 unspecified atom stereocenters. The number of nitrogens with two attached hydrogens (primary N) is 2. The third-order valence-corrected chi connectivity index (χ3v) is 9.67. The van der Waals surface area contributed by atoms with Gasteiger partial charge in [0, 0.05) is 54.7 Å². The second kappa shape index (κ2) is 23.5. The van der Waals surface area contributed by atoms with E-state index in [0.717, 1.165) is 0 Å². The molecule has 6 N–H and O–H groups in total. The summed E-state index contributed by atoms with van der Waals surface area (Å²) in [5.41, 5.74) is 14.6. The Kier molecular flexibility index (Phi) is 18.3. The minimum atomic E-state index is -0.654. The molecule has 5 heterocycles. The van der Waals surface area contributed by atoms with Gasteiger partial charge in [0.1, 0.15) is 28.5 Å². The van der Waals surface area contributed by atoms with Crippen molar-refractivity contribution in [2.24, 2.45) is 11.5 Å². The molecule has 0 saturated heterocycles. The molecule has 0 fully saturated rings. The number of carbonyl (C=O) groups excluding carboxylic acids is 3. The second-order valence-electron chi connectivity index (χ2n) is 13.6. The van der Waals surface area contributed by atoms with E-state index in [1.54, 1.807) is 53.6 Å². The highest BCUT2D eigenvalue weighted by atomic mass is 16.5. The van der Waals surface area contributed by atoms with Gasteiger partial charge in [-0.1, -0.05) is 60.6 Å². The van der Waals surface area contributed by atoms with Crippen molar-refractivity contribution in [1.82, 2.24) is 49.2 Å². The highest BCUT2D eigenvalue weighted by Crippen LogP contribution is 2.36. The number of methoxy groups -OCH3 is 1. The van der Waals surface area contributed by atoms with E-state index in [1.165, 1.54) is 7.11 Å². The third-order valence-electron chi connectivity index (χ3n) is 9.67. The number of fused-ring (bicyclic) bond motifs is 4. The molecule has 0 aliphatic rings. The summed E-state index contributed by atoms with van der Waals surface area (Å²) in [6.07, 6.45) is 6.69. The molecule has 0 saturated carbocycles. The van der Waals surface area contributed by atoms with Crippen molar-refractivity contribution in [3.05, 3.63) is 76.9 Å². The van der Waals surface area contributed by atoms with Crippen LogP contribution in [0.1, 0.15) is 110 Å². The fourth-order valence-electron chi connectivity index (χ4n) is 6.98. The predicted molar refractivity (Wildman–Crippen MR) is 254 cm³/mol. The van der Waals surface area contributed by atoms with Crippen molar-refractivity contribution in [3.8, 4) is 23.1 Å². The number of nitrogens with one attached hydrogen (secondary N) is 2. The largest absolute Gasteiger partial charge is 0.495 e. The molecule has 65 heavy (non-hydrogen) atoms. The van der Waals surface area contributed by atoms with Gasteiger partial charge in [0.05, 0.1) is 30.4 Å². The average Bonchev–Trinajstić information content (AvgIpc) is 4.08. The molecule has 0 aliphatic carbocycles. The Bertz CT molecular complexity index is 2780. The van der Waals surface area contributed by atoms with Crippen LogP contribution in [-0.4, -0.2) is 88.9 Å². The quantitative estimate of drug-likeness (QED) is 0.0524. The van der Waals surface area contributed by atoms with Crippen LogP contribution in [-0.2, 0) is 26.1 Å². The highest BCUT2D eigenvalue weighted by molar-refractivity contribution is 6.12. The summed E-state index contributed by atoms with van der Waals surface area (Å²) in [5.74, 6) is 1.08. The maximum atomic E-state index is 13.7. The molecule has 0 radical (unpaired) electrons. The average molecular weight is 894 g/mol. The van der Waals surface area contributed by atoms with E-state index in [4.69, 9.17) is 35.3 Å². The molecule has 2 aromatic carbocycles. The van der Waals surface area contributed by atoms with Crippen molar-refractivity contribution >= 4 is 56.6 Å². The lowest BCUT2D eigenvalue weighted by Crippen LogP contribution is -2.17. The molecule has 0 atom stereocenters. The number of allylic oxidation sites excluding steroid dienone is 2. The number of rotatable bonds is 17. The standard InChI is InChI=1S/C40H45N13O6.3C2H6/c1-7-27-33(59-22(4)46-27)39(56)49-40-47-28-17-24(35(42)55)19-30(58-15-11-12-43-5)32(28)52(40)14-10-9-13-51-31-25(16-23(34(41)54)18-29(31)57-6)26-20-44-36(48-37(26)51)38-45-21(3)50-53(38)8-2;3*1-2/h9-10,16-20,43H,7-8,11-15H2,1-6H3,(H2,41,54)(H2,42,55)(H,47,49,56);3*1-2H3/b10-9+;;;. The van der Waals surface area contributed by atoms with Crippen molar-refractivity contribution in [2.45, 2.75) is 102 Å². The number of imidazole rings is 1. The Balaban J connectivity index is 0.00000148. The van der Waals surface area contributed by atoms with Crippen LogP contribution in [0.2, 0.25) is 0 Å². The van der Waals surface area contributed by atoms with Gasteiger partial charge in [0.15, 0.2) is 17.5 Å². The number of aryl methyl sites for hydroxylation is 4. The van der Waals surface area contributed by atoms with Crippen molar-refractivity contribution in [3.63, 3.8) is 0 Å². The summed E-state index contributed by atoms with van der Waals surface area (Å²) >= 11 is 0. The molecular formula is C46H63N13O6. The number of nitrogens with zero attached hydrogens (tertiary/aromatic N) is 9. The number of anilines is 1. The molecule has 0 spiro atoms. The van der Waals surface area contributed by atoms with Gasteiger partial charge in [-0.15, -0.1) is 0 Å². The number of oxazole rings is 1. The van der Waals surface area contributed by atoms with Gasteiger partial charge in [-0.25, -0.2) is 29.6 Å². The van der Waals surface area contributed by atoms with Gasteiger partial charge in [0.25, 0.3) is 5.91 Å². The molecule has 19 heteroatoms. The maximum Gasteiger partial charge on any atom is 0.295 e. The molecule has 3 amide bonds. The first-order valence-corrected chi connectivity index (χ1v) is 22.1. The van der Waals surface area contributed by atoms with Crippen LogP contribution in [0.25, 0.3) is 44.6 Å². The normalized spacial score (nSPS) is 10.9. The summed E-state index contributed by atoms with van der Waals surface area (Å²) in [6.45, 7) is 21.4. The van der Waals surface area contributed by atoms with Gasteiger partial charge in [0.2, 0.25) is 23.5 Å². The molecule has 5 aromatic heterocycles. The summed E-state index contributed by atoms with van der Waals surface area (Å²) in [7, 11) is 3.37. The fraction of sp³-hybridized carbons (Fsp3) is 0.413. The molecule has 7 rings (SSSR count). The first-order chi connectivity index (χ1) is 31.5. The number of hydrogen-bond donors (Lipinski definition) is 4. The Hall–Kier alpha value is -7.15. The number of amides is 3. The highest BCUT2D eigenvalue weighted by Gasteiger charge is 2.24. The van der Waals surface area contributed by atoms with E-state index in [-0.39, 0.29) is 35.9 Å². The molecule has 0 aliphatic heterocycles. The molecule has 7 aromatic rings. The minimum Gasteiger partial charge on any atom is -0.495 e. The first kappa shape index (κ1) is 50.5. The third kappa shape index (κ3) is 11.0. The maximum absolute atomic E-state index is 13.7. The van der Waals surface area contributed by atoms with Crippen LogP contribution in [0.5, 0.6) is 11.5 Å². The van der Waals surface area contributed by atoms with Crippen LogP contribution >= 0.6 is 0 Å². The summed E-state index contributed by atoms with van der Waals surface area (Å²) < 4.78 is 23.2. The SMILES string of the molecule is CC.CC.CC.CCc1nc(C)oc1C(=O)Nc1nc2cc(C(N)=O)cc(OCCCNC)c2n1C/C=C/Cn1c2nc(-c3nc(C)nn3CC)ncc2c2cc(C(N)=O)cc(OC)c21. The van der Waals surface area contributed by atoms with E-state index in [1.807, 2.05) is 79.2 Å². The Morgan fingerprint density at radius 3 is 2.12 bits per heavy atom. The topological polar surface area (TPSA) is 251 Å². The van der Waals surface area contributed by atoms with E-state index < -0.39 is 17.7 Å². The van der Waals surface area contributed by atoms with Crippen LogP contribution in [0.3, 0.4) is 0 Å². The van der Waals surface area contributed by atoms with Gasteiger partial charge >= 0.3 is 0 Å². The number of carbonyl (C=O) groups is 3. The van der Waals surface area contributed by atoms with E-state index >= 15 is 0 Å². The van der Waals surface area contributed by atoms with Gasteiger partial charge in [-0.05, 0) is 64.5 Å². The summed E-state index contributed by atoms with van der Waals surface area (Å²) in [5, 5.41) is 11.8. The van der Waals surface area contributed by atoms with Crippen molar-refractivity contribution in [2.75, 3.05) is 32.6 Å². The lowest BCUT2D eigenvalue weighted by atomic mass is 10.1. The lowest BCUT2D eigenvalue weighted by molar-refractivity contribution is 0.0987. The first-order valence-electron chi connectivity index (χ1n) is 22.1. The number of hydrogen-bond acceptors (Lipinski definition) is 13. The van der Waals surface area contributed by atoms with Crippen LogP contribution in [0.4, 0.5) is 5.95 Å². The molecular weight excluding hydrogens is 831 g/mol. The number of ether oxygens (including phenoxy) is 2. The minimum absolute atomic E-state index is 0.0778. The number of aromatic nitrogens is 9.